The quantitative estimate of drug-likeness (QED) is 0.0924. The number of oxime groups is 1. The van der Waals surface area contributed by atoms with E-state index in [0.29, 0.717) is 4.90 Å². The molecule has 0 spiro atoms. The first-order chi connectivity index (χ1) is 17.0. The zero-order chi connectivity index (χ0) is 26.4. The predicted molar refractivity (Wildman–Crippen MR) is 117 cm³/mol. The molecule has 18 heteroatoms. The van der Waals surface area contributed by atoms with E-state index < -0.39 is 82.1 Å². The van der Waals surface area contributed by atoms with Crippen LogP contribution in [0, 0.1) is 17.2 Å². The number of aliphatic hydroxyl groups is 2. The first-order valence-corrected chi connectivity index (χ1v) is 12.4. The first kappa shape index (κ1) is 25.4. The van der Waals surface area contributed by atoms with Crippen molar-refractivity contribution in [3.8, 4) is 6.07 Å². The molecule has 4 rings (SSSR count). The number of nitrogens with zero attached hydrogens (tertiary/aromatic N) is 4. The zero-order valence-electron chi connectivity index (χ0n) is 18.0. The molecule has 16 nitrogen and oxygen atoms in total. The fourth-order valence-corrected chi connectivity index (χ4v) is 6.50. The number of amides is 2. The number of rotatable bonds is 8. The molecule has 6 N–H and O–H groups in total. The molecule has 0 saturated carbocycles. The number of fused-ring (bicyclic) bond motifs is 3. The third kappa shape index (κ3) is 3.76. The topological polar surface area (TPSA) is 255 Å². The number of nitriles is 1. The average Bonchev–Trinajstić information content (AvgIpc) is 3.41. The number of nitrogens with one attached hydrogen (secondary N) is 1. The fourth-order valence-electron chi connectivity index (χ4n) is 4.04. The number of aliphatic hydroxyl groups excluding tert-OH is 2. The van der Waals surface area contributed by atoms with Crippen molar-refractivity contribution >= 4 is 56.7 Å². The van der Waals surface area contributed by atoms with Crippen LogP contribution in [0.4, 0.5) is 5.13 Å². The third-order valence-electron chi connectivity index (χ3n) is 5.87. The number of hydrogen-bond donors (Lipinski definition) is 5. The van der Waals surface area contributed by atoms with E-state index in [4.69, 9.17) is 15.3 Å². The Morgan fingerprint density at radius 1 is 1.47 bits per heavy atom. The fraction of sp³-hybridized carbons (Fsp3) is 0.500. The van der Waals surface area contributed by atoms with Crippen LogP contribution < -0.4 is 11.1 Å². The molecule has 2 amide bonds. The largest absolute Gasteiger partial charge is 0.477 e. The zero-order valence-corrected chi connectivity index (χ0v) is 19.7. The number of esters is 1. The van der Waals surface area contributed by atoms with Gasteiger partial charge in [0.1, 0.15) is 36.4 Å². The van der Waals surface area contributed by atoms with Gasteiger partial charge in [0.05, 0.1) is 12.3 Å². The van der Waals surface area contributed by atoms with Crippen LogP contribution in [-0.4, -0.2) is 101 Å². The normalized spacial score (nSPS) is 29.4. The third-order valence-corrected chi connectivity index (χ3v) is 8.30. The maximum atomic E-state index is 13.1. The Labute approximate surface area is 207 Å². The lowest BCUT2D eigenvalue weighted by Crippen LogP contribution is -2.83. The number of β-lactam (4-membered cyclic amide) rings is 1. The van der Waals surface area contributed by atoms with Gasteiger partial charge in [-0.15, -0.1) is 11.3 Å². The molecule has 36 heavy (non-hydrogen) atoms. The molecule has 192 valence electrons. The Morgan fingerprint density at radius 3 is 2.72 bits per heavy atom. The number of aliphatic carboxylic acids is 1. The van der Waals surface area contributed by atoms with Crippen molar-refractivity contribution in [1.82, 2.24) is 15.2 Å². The summed E-state index contributed by atoms with van der Waals surface area (Å²) in [6.45, 7) is -1.96. The standard InChI is InChI=1S/C18H18N6O10S2/c19-4-17(5-25,6-26)34-23-10(8-2-35-16(20)21-8)12(28)22-11-13(29)24-14(11)36(32)3-7-1-9(27)33-18(7,24)15(30)31/h2,7,11,14,25-26H,1,3,5-6H2,(H2,20,21)(H,22,28)(H,30,31)/b23-10-/t7-,11+,14+,18+,36+/m0/s1. The van der Waals surface area contributed by atoms with Gasteiger partial charge in [0, 0.05) is 21.9 Å². The van der Waals surface area contributed by atoms with Gasteiger partial charge in [0.15, 0.2) is 10.8 Å². The van der Waals surface area contributed by atoms with Crippen LogP contribution in [0.1, 0.15) is 12.1 Å². The van der Waals surface area contributed by atoms with Gasteiger partial charge in [-0.25, -0.2) is 9.78 Å². The maximum Gasteiger partial charge on any atom is 0.370 e. The number of thiazole rings is 1. The van der Waals surface area contributed by atoms with Gasteiger partial charge in [-0.2, -0.15) is 5.26 Å². The predicted octanol–water partition coefficient (Wildman–Crippen LogP) is -3.55. The highest BCUT2D eigenvalue weighted by atomic mass is 32.2. The van der Waals surface area contributed by atoms with Crippen LogP contribution in [0.5, 0.6) is 0 Å². The number of carbonyl (C=O) groups is 4. The molecule has 0 aromatic carbocycles. The molecular weight excluding hydrogens is 524 g/mol. The molecule has 1 aromatic rings. The molecule has 0 aliphatic carbocycles. The number of anilines is 1. The van der Waals surface area contributed by atoms with Crippen molar-refractivity contribution < 1.29 is 48.3 Å². The lowest BCUT2D eigenvalue weighted by molar-refractivity contribution is -0.216. The number of carboxylic acid groups (broad SMARTS) is 1. The van der Waals surface area contributed by atoms with Gasteiger partial charge in [0.2, 0.25) is 0 Å². The highest BCUT2D eigenvalue weighted by molar-refractivity contribution is 7.85. The van der Waals surface area contributed by atoms with Crippen LogP contribution in [0.2, 0.25) is 0 Å². The second-order valence-electron chi connectivity index (χ2n) is 8.00. The van der Waals surface area contributed by atoms with E-state index in [1.165, 1.54) is 11.4 Å². The lowest BCUT2D eigenvalue weighted by atomic mass is 9.89. The summed E-state index contributed by atoms with van der Waals surface area (Å²) in [4.78, 5) is 59.5. The summed E-state index contributed by atoms with van der Waals surface area (Å²) >= 11 is 0.921. The molecule has 0 radical (unpaired) electrons. The number of carbonyl (C=O) groups excluding carboxylic acids is 3. The summed E-state index contributed by atoms with van der Waals surface area (Å²) in [5.41, 5.74) is 0.329. The summed E-state index contributed by atoms with van der Waals surface area (Å²) in [6.07, 6.45) is -0.332. The SMILES string of the molecule is N#CC(CO)(CO)O/N=C(\C(=O)N[C@@H]1C(=O)N2[C@@H]1[S@](=O)C[C@@H]1CC(=O)O[C@@]12C(=O)O)c1csc(N)n1. The van der Waals surface area contributed by atoms with Crippen molar-refractivity contribution in [2.24, 2.45) is 11.1 Å². The molecule has 0 unspecified atom stereocenters. The van der Waals surface area contributed by atoms with Crippen molar-refractivity contribution in [2.45, 2.75) is 29.2 Å². The van der Waals surface area contributed by atoms with Crippen molar-refractivity contribution in [1.29, 1.82) is 5.26 Å². The highest BCUT2D eigenvalue weighted by Crippen LogP contribution is 2.47. The minimum absolute atomic E-state index is 0.0260. The average molecular weight is 543 g/mol. The van der Waals surface area contributed by atoms with Crippen LogP contribution in [-0.2, 0) is 39.6 Å². The molecule has 3 saturated heterocycles. The van der Waals surface area contributed by atoms with Gasteiger partial charge in [-0.05, 0) is 0 Å². The summed E-state index contributed by atoms with van der Waals surface area (Å²) in [6, 6.07) is 0.0379. The Kier molecular flexibility index (Phi) is 6.42. The maximum absolute atomic E-state index is 13.1. The van der Waals surface area contributed by atoms with Gasteiger partial charge in [0.25, 0.3) is 23.1 Å². The summed E-state index contributed by atoms with van der Waals surface area (Å²) in [5, 5.41) is 43.6. The smallest absolute Gasteiger partial charge is 0.370 e. The number of nitrogens with two attached hydrogens (primary N) is 1. The van der Waals surface area contributed by atoms with E-state index in [0.717, 1.165) is 11.3 Å². The Bertz CT molecular complexity index is 1240. The number of carboxylic acids is 1. The molecule has 3 aliphatic heterocycles. The molecule has 3 fully saturated rings. The monoisotopic (exact) mass is 542 g/mol. The van der Waals surface area contributed by atoms with Crippen LogP contribution in [0.25, 0.3) is 0 Å². The molecular formula is C18H18N6O10S2. The summed E-state index contributed by atoms with van der Waals surface area (Å²) < 4.78 is 17.9. The Balaban J connectivity index is 1.62. The van der Waals surface area contributed by atoms with Gasteiger partial charge < -0.3 is 35.9 Å². The Hall–Kier alpha value is -3.66. The van der Waals surface area contributed by atoms with Crippen molar-refractivity contribution in [3.63, 3.8) is 0 Å². The minimum atomic E-state index is -2.33. The number of ether oxygens (including phenoxy) is 1. The highest BCUT2D eigenvalue weighted by Gasteiger charge is 2.73. The van der Waals surface area contributed by atoms with Crippen molar-refractivity contribution in [2.75, 3.05) is 24.7 Å². The van der Waals surface area contributed by atoms with E-state index >= 15 is 0 Å². The number of nitrogen functional groups attached to an aromatic ring is 1. The molecule has 4 heterocycles. The van der Waals surface area contributed by atoms with E-state index in [1.54, 1.807) is 0 Å². The van der Waals surface area contributed by atoms with E-state index in [9.17, 15) is 44.0 Å². The lowest BCUT2D eigenvalue weighted by Gasteiger charge is -2.56. The van der Waals surface area contributed by atoms with E-state index in [-0.39, 0.29) is 23.0 Å². The molecule has 0 bridgehead atoms. The van der Waals surface area contributed by atoms with E-state index in [2.05, 4.69) is 15.5 Å². The Morgan fingerprint density at radius 2 is 2.17 bits per heavy atom. The van der Waals surface area contributed by atoms with Gasteiger partial charge in [-0.1, -0.05) is 5.16 Å². The first-order valence-electron chi connectivity index (χ1n) is 10.1. The molecule has 1 aromatic heterocycles. The van der Waals surface area contributed by atoms with E-state index in [1.807, 2.05) is 0 Å². The van der Waals surface area contributed by atoms with Gasteiger partial charge >= 0.3 is 11.9 Å². The molecule has 3 aliphatic rings. The van der Waals surface area contributed by atoms with Crippen LogP contribution in [0.15, 0.2) is 10.5 Å². The minimum Gasteiger partial charge on any atom is -0.477 e. The van der Waals surface area contributed by atoms with Crippen LogP contribution >= 0.6 is 11.3 Å². The summed E-state index contributed by atoms with van der Waals surface area (Å²) in [5.74, 6) is -5.82. The second kappa shape index (κ2) is 9.09. The van der Waals surface area contributed by atoms with Crippen LogP contribution in [0.3, 0.4) is 0 Å². The number of hydrogen-bond acceptors (Lipinski definition) is 14. The summed E-state index contributed by atoms with van der Waals surface area (Å²) in [7, 11) is -1.86. The second-order valence-corrected chi connectivity index (χ2v) is 10.5. The van der Waals surface area contributed by atoms with Crippen molar-refractivity contribution in [3.05, 3.63) is 11.1 Å². The number of aromatic nitrogens is 1. The molecule has 5 atom stereocenters. The van der Waals surface area contributed by atoms with Gasteiger partial charge in [-0.3, -0.25) is 23.5 Å².